The fraction of sp³-hybridized carbons (Fsp3) is 0.296. The van der Waals surface area contributed by atoms with Gasteiger partial charge in [0, 0.05) is 38.1 Å². The molecule has 3 aromatic carbocycles. The van der Waals surface area contributed by atoms with E-state index in [4.69, 9.17) is 4.74 Å². The molecular weight excluding hydrogens is 384 g/mol. The molecule has 1 amide bonds. The molecule has 0 radical (unpaired) electrons. The fourth-order valence-corrected chi connectivity index (χ4v) is 4.97. The van der Waals surface area contributed by atoms with Gasteiger partial charge in [-0.3, -0.25) is 4.90 Å². The van der Waals surface area contributed by atoms with Gasteiger partial charge in [-0.15, -0.1) is 0 Å². The van der Waals surface area contributed by atoms with Gasteiger partial charge in [0.2, 0.25) is 0 Å². The zero-order valence-corrected chi connectivity index (χ0v) is 17.9. The quantitative estimate of drug-likeness (QED) is 0.595. The van der Waals surface area contributed by atoms with Crippen LogP contribution in [0.5, 0.6) is 0 Å². The number of hydrogen-bond acceptors (Lipinski definition) is 3. The SMILES string of the molecule is C[C@H]1CN(Cc2ccccc2)CCN1C(=O)OCC1c2ccccc2-c2ccccc21. The van der Waals surface area contributed by atoms with Crippen LogP contribution in [0.4, 0.5) is 4.79 Å². The number of benzene rings is 3. The summed E-state index contributed by atoms with van der Waals surface area (Å²) in [6, 6.07) is 27.5. The molecule has 0 N–H and O–H groups in total. The van der Waals surface area contributed by atoms with Crippen LogP contribution in [0.3, 0.4) is 0 Å². The Kier molecular flexibility index (Phi) is 5.47. The van der Waals surface area contributed by atoms with Gasteiger partial charge in [-0.2, -0.15) is 0 Å². The molecule has 1 heterocycles. The van der Waals surface area contributed by atoms with Crippen molar-refractivity contribution >= 4 is 6.09 Å². The van der Waals surface area contributed by atoms with Crippen LogP contribution < -0.4 is 0 Å². The maximum atomic E-state index is 12.9. The first kappa shape index (κ1) is 19.8. The molecule has 158 valence electrons. The summed E-state index contributed by atoms with van der Waals surface area (Å²) >= 11 is 0. The Balaban J connectivity index is 1.22. The lowest BCUT2D eigenvalue weighted by atomic mass is 9.98. The van der Waals surface area contributed by atoms with Crippen LogP contribution in [0.15, 0.2) is 78.9 Å². The van der Waals surface area contributed by atoms with Gasteiger partial charge in [-0.1, -0.05) is 78.9 Å². The Bertz CT molecular complexity index is 1020. The van der Waals surface area contributed by atoms with Crippen LogP contribution in [0.1, 0.15) is 29.5 Å². The normalized spacial score (nSPS) is 18.5. The lowest BCUT2D eigenvalue weighted by molar-refractivity contribution is 0.0482. The zero-order chi connectivity index (χ0) is 21.2. The van der Waals surface area contributed by atoms with Crippen molar-refractivity contribution in [2.75, 3.05) is 26.2 Å². The van der Waals surface area contributed by atoms with E-state index in [2.05, 4.69) is 84.6 Å². The molecule has 1 atom stereocenters. The Hall–Kier alpha value is -3.11. The molecule has 1 saturated heterocycles. The Morgan fingerprint density at radius 3 is 2.13 bits per heavy atom. The van der Waals surface area contributed by atoms with Crippen LogP contribution in [-0.2, 0) is 11.3 Å². The van der Waals surface area contributed by atoms with Crippen molar-refractivity contribution in [3.63, 3.8) is 0 Å². The first-order valence-electron chi connectivity index (χ1n) is 11.1. The van der Waals surface area contributed by atoms with E-state index in [1.807, 2.05) is 11.0 Å². The number of hydrogen-bond donors (Lipinski definition) is 0. The van der Waals surface area contributed by atoms with Crippen molar-refractivity contribution in [1.29, 1.82) is 0 Å². The molecule has 0 spiro atoms. The summed E-state index contributed by atoms with van der Waals surface area (Å²) in [6.07, 6.45) is -0.200. The predicted octanol–water partition coefficient (Wildman–Crippen LogP) is 5.14. The highest BCUT2D eigenvalue weighted by Gasteiger charge is 2.32. The van der Waals surface area contributed by atoms with E-state index in [0.29, 0.717) is 13.2 Å². The van der Waals surface area contributed by atoms with Gasteiger partial charge in [0.25, 0.3) is 0 Å². The van der Waals surface area contributed by atoms with Crippen molar-refractivity contribution in [3.8, 4) is 11.1 Å². The Morgan fingerprint density at radius 2 is 1.48 bits per heavy atom. The monoisotopic (exact) mass is 412 g/mol. The summed E-state index contributed by atoms with van der Waals surface area (Å²) in [7, 11) is 0. The van der Waals surface area contributed by atoms with Crippen molar-refractivity contribution < 1.29 is 9.53 Å². The number of piperazine rings is 1. The van der Waals surface area contributed by atoms with Gasteiger partial charge in [-0.05, 0) is 34.7 Å². The largest absolute Gasteiger partial charge is 0.448 e. The number of carbonyl (C=O) groups excluding carboxylic acids is 1. The van der Waals surface area contributed by atoms with Crippen molar-refractivity contribution in [1.82, 2.24) is 9.80 Å². The van der Waals surface area contributed by atoms with Crippen molar-refractivity contribution in [3.05, 3.63) is 95.6 Å². The highest BCUT2D eigenvalue weighted by molar-refractivity contribution is 5.79. The number of fused-ring (bicyclic) bond motifs is 3. The van der Waals surface area contributed by atoms with Crippen LogP contribution in [0, 0.1) is 0 Å². The first-order valence-corrected chi connectivity index (χ1v) is 11.1. The number of carbonyl (C=O) groups is 1. The highest BCUT2D eigenvalue weighted by atomic mass is 16.6. The minimum atomic E-state index is -0.200. The van der Waals surface area contributed by atoms with E-state index in [1.54, 1.807) is 0 Å². The second kappa shape index (κ2) is 8.56. The molecule has 0 saturated carbocycles. The summed E-state index contributed by atoms with van der Waals surface area (Å²) in [5.41, 5.74) is 6.31. The molecule has 5 rings (SSSR count). The molecule has 4 heteroatoms. The van der Waals surface area contributed by atoms with E-state index in [-0.39, 0.29) is 18.1 Å². The van der Waals surface area contributed by atoms with Gasteiger partial charge >= 0.3 is 6.09 Å². The first-order chi connectivity index (χ1) is 15.2. The zero-order valence-electron chi connectivity index (χ0n) is 17.9. The molecule has 0 bridgehead atoms. The van der Waals surface area contributed by atoms with Gasteiger partial charge in [-0.25, -0.2) is 4.79 Å². The van der Waals surface area contributed by atoms with E-state index < -0.39 is 0 Å². The molecular formula is C27H28N2O2. The Labute approximate surface area is 184 Å². The molecule has 31 heavy (non-hydrogen) atoms. The number of ether oxygens (including phenoxy) is 1. The lowest BCUT2D eigenvalue weighted by Crippen LogP contribution is -2.53. The van der Waals surface area contributed by atoms with E-state index in [1.165, 1.54) is 27.8 Å². The average molecular weight is 413 g/mol. The van der Waals surface area contributed by atoms with Gasteiger partial charge < -0.3 is 9.64 Å². The van der Waals surface area contributed by atoms with E-state index in [0.717, 1.165) is 19.6 Å². The second-order valence-electron chi connectivity index (χ2n) is 8.57. The van der Waals surface area contributed by atoms with Crippen LogP contribution in [0.2, 0.25) is 0 Å². The van der Waals surface area contributed by atoms with Crippen LogP contribution in [-0.4, -0.2) is 48.2 Å². The molecule has 0 unspecified atom stereocenters. The predicted molar refractivity (Wildman–Crippen MR) is 123 cm³/mol. The van der Waals surface area contributed by atoms with E-state index >= 15 is 0 Å². The van der Waals surface area contributed by atoms with Crippen molar-refractivity contribution in [2.24, 2.45) is 0 Å². The molecule has 1 aliphatic heterocycles. The third-order valence-corrected chi connectivity index (χ3v) is 6.53. The molecule has 4 nitrogen and oxygen atoms in total. The van der Waals surface area contributed by atoms with Gasteiger partial charge in [0.1, 0.15) is 6.61 Å². The average Bonchev–Trinajstić information content (AvgIpc) is 3.12. The number of nitrogens with zero attached hydrogens (tertiary/aromatic N) is 2. The molecule has 2 aliphatic rings. The third-order valence-electron chi connectivity index (χ3n) is 6.53. The third kappa shape index (κ3) is 3.96. The summed E-state index contributed by atoms with van der Waals surface area (Å²) < 4.78 is 5.87. The molecule has 0 aromatic heterocycles. The summed E-state index contributed by atoms with van der Waals surface area (Å²) in [4.78, 5) is 17.2. The maximum absolute atomic E-state index is 12.9. The van der Waals surface area contributed by atoms with Crippen molar-refractivity contribution in [2.45, 2.75) is 25.4 Å². The summed E-state index contributed by atoms with van der Waals surface area (Å²) in [5.74, 6) is 0.103. The van der Waals surface area contributed by atoms with Gasteiger partial charge in [0.15, 0.2) is 0 Å². The van der Waals surface area contributed by atoms with Crippen LogP contribution in [0.25, 0.3) is 11.1 Å². The molecule has 1 fully saturated rings. The minimum absolute atomic E-state index is 0.103. The van der Waals surface area contributed by atoms with Gasteiger partial charge in [0.05, 0.1) is 0 Å². The Morgan fingerprint density at radius 1 is 0.871 bits per heavy atom. The smallest absolute Gasteiger partial charge is 0.410 e. The van der Waals surface area contributed by atoms with E-state index in [9.17, 15) is 4.79 Å². The molecule has 3 aromatic rings. The summed E-state index contributed by atoms with van der Waals surface area (Å²) in [6.45, 7) is 5.83. The summed E-state index contributed by atoms with van der Waals surface area (Å²) in [5, 5.41) is 0. The maximum Gasteiger partial charge on any atom is 0.410 e. The van der Waals surface area contributed by atoms with Crippen LogP contribution >= 0.6 is 0 Å². The second-order valence-corrected chi connectivity index (χ2v) is 8.57. The highest BCUT2D eigenvalue weighted by Crippen LogP contribution is 2.44. The topological polar surface area (TPSA) is 32.8 Å². The fourth-order valence-electron chi connectivity index (χ4n) is 4.97. The molecule has 1 aliphatic carbocycles. The number of amides is 1. The minimum Gasteiger partial charge on any atom is -0.448 e. The lowest BCUT2D eigenvalue weighted by Gasteiger charge is -2.39. The number of rotatable bonds is 4. The standard InChI is InChI=1S/C27H28N2O2/c1-20-17-28(18-21-9-3-2-4-10-21)15-16-29(20)27(30)31-19-26-24-13-7-5-11-22(24)23-12-6-8-14-25(23)26/h2-14,20,26H,15-19H2,1H3/t20-/m0/s1.